The molecule has 8 rings (SSSR count). The van der Waals surface area contributed by atoms with E-state index >= 15 is 0 Å². The maximum atomic E-state index is 14.6. The zero-order valence-electron chi connectivity index (χ0n) is 25.8. The van der Waals surface area contributed by atoms with E-state index in [1.807, 2.05) is 99.6 Å². The standard InChI is InChI=1S/C34H31As2N3O5S4/c1-37-25-9-5-3-7-21(25)32(42)38-14-15-39-33(43)20-6-2-4-8-22(20)34(39)23-10-12-26(40)28(35-45-16-17-46-35)30(23)44-31-24(34)11-13-27(41)29(31)36-47-18-19-48-36/h2-13,37,40-41H,14-19H2,1H3,(H,38,42). The van der Waals surface area contributed by atoms with Crippen LogP contribution in [0.2, 0.25) is 0 Å². The van der Waals surface area contributed by atoms with E-state index in [4.69, 9.17) is 4.74 Å². The summed E-state index contributed by atoms with van der Waals surface area (Å²) in [6.07, 6.45) is 0. The Morgan fingerprint density at radius 3 is 1.98 bits per heavy atom. The van der Waals surface area contributed by atoms with E-state index in [-0.39, 0.29) is 36.4 Å². The third kappa shape index (κ3) is 5.16. The first-order chi connectivity index (χ1) is 23.4. The number of hydrogen-bond donors (Lipinski definition) is 4. The van der Waals surface area contributed by atoms with Crippen LogP contribution in [0.3, 0.4) is 0 Å². The Balaban J connectivity index is 1.32. The number of phenolic OH excluding ortho intramolecular Hbond substituents is 2. The summed E-state index contributed by atoms with van der Waals surface area (Å²) in [5, 5.41) is 29.1. The Morgan fingerprint density at radius 1 is 0.812 bits per heavy atom. The molecule has 0 bridgehead atoms. The van der Waals surface area contributed by atoms with Crippen LogP contribution >= 0.6 is 40.1 Å². The number of rotatable bonds is 7. The topological polar surface area (TPSA) is 111 Å². The molecule has 14 heteroatoms. The minimum absolute atomic E-state index is 0.136. The number of nitrogens with one attached hydrogen (secondary N) is 2. The van der Waals surface area contributed by atoms with Crippen molar-refractivity contribution in [3.05, 3.63) is 101 Å². The summed E-state index contributed by atoms with van der Waals surface area (Å²) in [6.45, 7) is 0.439. The minimum atomic E-state index is -1.83. The van der Waals surface area contributed by atoms with Gasteiger partial charge in [0.15, 0.2) is 0 Å². The fourth-order valence-electron chi connectivity index (χ4n) is 6.87. The summed E-state index contributed by atoms with van der Waals surface area (Å²) in [7, 11) is 9.46. The second kappa shape index (κ2) is 13.3. The van der Waals surface area contributed by atoms with Gasteiger partial charge in [0, 0.05) is 7.05 Å². The van der Waals surface area contributed by atoms with Gasteiger partial charge in [0.05, 0.1) is 0 Å². The number of carbonyl (C=O) groups is 2. The first-order valence-electron chi connectivity index (χ1n) is 15.4. The molecule has 0 atom stereocenters. The number of ether oxygens (including phenoxy) is 1. The monoisotopic (exact) mass is 839 g/mol. The van der Waals surface area contributed by atoms with Crippen LogP contribution in [0.4, 0.5) is 5.69 Å². The van der Waals surface area contributed by atoms with Crippen molar-refractivity contribution in [2.24, 2.45) is 0 Å². The van der Waals surface area contributed by atoms with E-state index in [2.05, 4.69) is 10.6 Å². The number of nitrogens with zero attached hydrogens (tertiary/aromatic N) is 1. The molecular formula is C34H31As2N3O5S4. The first kappa shape index (κ1) is 32.7. The molecule has 48 heavy (non-hydrogen) atoms. The van der Waals surface area contributed by atoms with E-state index in [0.717, 1.165) is 54.1 Å². The Hall–Kier alpha value is -2.46. The van der Waals surface area contributed by atoms with Crippen LogP contribution in [0.5, 0.6) is 23.0 Å². The van der Waals surface area contributed by atoms with Crippen LogP contribution in [-0.2, 0) is 5.54 Å². The summed E-state index contributed by atoms with van der Waals surface area (Å²) in [4.78, 5) is 29.9. The fourth-order valence-corrected chi connectivity index (χ4v) is 36.5. The van der Waals surface area contributed by atoms with Crippen molar-refractivity contribution < 1.29 is 24.5 Å². The van der Waals surface area contributed by atoms with Gasteiger partial charge in [-0.2, -0.15) is 0 Å². The molecule has 4 aromatic rings. The normalized spacial score (nSPS) is 18.0. The zero-order valence-corrected chi connectivity index (χ0v) is 32.8. The van der Waals surface area contributed by atoms with E-state index in [0.29, 0.717) is 22.6 Å². The van der Waals surface area contributed by atoms with E-state index in [1.165, 1.54) is 0 Å². The maximum absolute atomic E-state index is 14.6. The Bertz CT molecular complexity index is 1880. The molecule has 0 saturated carbocycles. The quantitative estimate of drug-likeness (QED) is 0.195. The molecule has 2 saturated heterocycles. The van der Waals surface area contributed by atoms with E-state index < -0.39 is 30.2 Å². The van der Waals surface area contributed by atoms with Gasteiger partial charge in [-0.1, -0.05) is 6.07 Å². The molecule has 246 valence electrons. The Labute approximate surface area is 301 Å². The molecule has 0 aliphatic carbocycles. The predicted octanol–water partition coefficient (Wildman–Crippen LogP) is 4.77. The summed E-state index contributed by atoms with van der Waals surface area (Å²) in [6, 6.07) is 22.4. The summed E-state index contributed by atoms with van der Waals surface area (Å²) in [5.74, 6) is 5.39. The molecule has 4 heterocycles. The zero-order chi connectivity index (χ0) is 33.0. The fraction of sp³-hybridized carbons (Fsp3) is 0.235. The van der Waals surface area contributed by atoms with Gasteiger partial charge in [-0.25, -0.2) is 0 Å². The summed E-state index contributed by atoms with van der Waals surface area (Å²) >= 11 is -3.66. The number of hydrogen-bond acceptors (Lipinski definition) is 10. The predicted molar refractivity (Wildman–Crippen MR) is 203 cm³/mol. The van der Waals surface area contributed by atoms with E-state index in [9.17, 15) is 19.8 Å². The van der Waals surface area contributed by atoms with Crippen LogP contribution < -0.4 is 24.1 Å². The van der Waals surface area contributed by atoms with Crippen molar-refractivity contribution in [1.82, 2.24) is 10.2 Å². The summed E-state index contributed by atoms with van der Waals surface area (Å²) in [5.41, 5.74) is 3.20. The number of anilines is 1. The van der Waals surface area contributed by atoms with Crippen molar-refractivity contribution >= 4 is 91.0 Å². The first-order valence-corrected chi connectivity index (χ1v) is 30.3. The molecule has 0 radical (unpaired) electrons. The second-order valence-corrected chi connectivity index (χ2v) is 34.5. The average molecular weight is 840 g/mol. The molecule has 4 N–H and O–H groups in total. The average Bonchev–Trinajstić information content (AvgIpc) is 3.88. The van der Waals surface area contributed by atoms with Crippen LogP contribution in [0, 0.1) is 0 Å². The van der Waals surface area contributed by atoms with Crippen LogP contribution in [0.15, 0.2) is 72.8 Å². The van der Waals surface area contributed by atoms with Crippen molar-refractivity contribution in [1.29, 1.82) is 0 Å². The number of carbonyl (C=O) groups excluding carboxylic acids is 2. The number of fused-ring (bicyclic) bond motifs is 6. The Kier molecular flexibility index (Phi) is 9.10. The Morgan fingerprint density at radius 2 is 1.38 bits per heavy atom. The van der Waals surface area contributed by atoms with Gasteiger partial charge in [-0.3, -0.25) is 0 Å². The van der Waals surface area contributed by atoms with Gasteiger partial charge in [0.25, 0.3) is 0 Å². The third-order valence-electron chi connectivity index (χ3n) is 8.83. The molecule has 8 nitrogen and oxygen atoms in total. The molecule has 0 aromatic heterocycles. The second-order valence-electron chi connectivity index (χ2n) is 11.3. The van der Waals surface area contributed by atoms with Gasteiger partial charge in [-0.15, -0.1) is 0 Å². The molecule has 4 aliphatic heterocycles. The van der Waals surface area contributed by atoms with Crippen LogP contribution in [-0.4, -0.2) is 94.8 Å². The van der Waals surface area contributed by atoms with Gasteiger partial charge in [-0.05, 0) is 0 Å². The molecule has 0 unspecified atom stereocenters. The van der Waals surface area contributed by atoms with Gasteiger partial charge < -0.3 is 0 Å². The van der Waals surface area contributed by atoms with Crippen LogP contribution in [0.1, 0.15) is 37.4 Å². The van der Waals surface area contributed by atoms with Crippen molar-refractivity contribution in [3.63, 3.8) is 0 Å². The molecule has 1 spiro atoms. The van der Waals surface area contributed by atoms with E-state index in [1.54, 1.807) is 25.2 Å². The van der Waals surface area contributed by atoms with Gasteiger partial charge in [0.1, 0.15) is 0 Å². The molecular weight excluding hydrogens is 809 g/mol. The molecule has 2 amide bonds. The van der Waals surface area contributed by atoms with Crippen LogP contribution in [0.25, 0.3) is 0 Å². The molecule has 4 aliphatic rings. The third-order valence-corrected chi connectivity index (χ3v) is 36.0. The number of amides is 2. The number of benzene rings is 4. The van der Waals surface area contributed by atoms with Crippen molar-refractivity contribution in [3.8, 4) is 23.0 Å². The van der Waals surface area contributed by atoms with Crippen molar-refractivity contribution in [2.45, 2.75) is 5.54 Å². The molecule has 2 fully saturated rings. The SMILES string of the molecule is CNc1ccccc1C(=O)NCCN1C(=O)c2ccccc2C12c1ccc(O)c([As]3SCCS3)c1Oc1c2ccc(O)c1[As]1SCCS1. The van der Waals surface area contributed by atoms with Gasteiger partial charge >= 0.3 is 290 Å². The summed E-state index contributed by atoms with van der Waals surface area (Å²) < 4.78 is 8.74. The number of aromatic hydroxyl groups is 2. The number of phenols is 2. The van der Waals surface area contributed by atoms with Crippen molar-refractivity contribution in [2.75, 3.05) is 48.5 Å². The molecule has 4 aromatic carbocycles. The number of para-hydroxylation sites is 1. The van der Waals surface area contributed by atoms with Gasteiger partial charge in [0.2, 0.25) is 0 Å².